The van der Waals surface area contributed by atoms with E-state index in [-0.39, 0.29) is 11.4 Å². The van der Waals surface area contributed by atoms with Crippen LogP contribution in [0.3, 0.4) is 0 Å². The predicted octanol–water partition coefficient (Wildman–Crippen LogP) is 1.04. The summed E-state index contributed by atoms with van der Waals surface area (Å²) >= 11 is 0. The highest BCUT2D eigenvalue weighted by atomic mass is 32.2. The van der Waals surface area contributed by atoms with Crippen LogP contribution in [-0.4, -0.2) is 70.0 Å². The quantitative estimate of drug-likeness (QED) is 0.253. The van der Waals surface area contributed by atoms with Gasteiger partial charge in [-0.05, 0) is 37.9 Å². The molecule has 3 rings (SSSR count). The van der Waals surface area contributed by atoms with Gasteiger partial charge in [0.25, 0.3) is 10.9 Å². The number of rotatable bonds is 15. The van der Waals surface area contributed by atoms with Crippen LogP contribution in [0.15, 0.2) is 34.1 Å². The minimum atomic E-state index is -3.25. The molecule has 1 saturated heterocycles. The van der Waals surface area contributed by atoms with E-state index < -0.39 is 20.9 Å². The molecule has 0 amide bonds. The summed E-state index contributed by atoms with van der Waals surface area (Å²) in [6.45, 7) is 5.19. The van der Waals surface area contributed by atoms with Gasteiger partial charge in [-0.3, -0.25) is 19.5 Å². The topological polar surface area (TPSA) is 130 Å². The number of sulfonamides is 1. The zero-order chi connectivity index (χ0) is 23.5. The van der Waals surface area contributed by atoms with E-state index in [4.69, 9.17) is 4.74 Å². The van der Waals surface area contributed by atoms with E-state index in [9.17, 15) is 18.0 Å². The molecular weight excluding hydrogens is 446 g/mol. The van der Waals surface area contributed by atoms with Gasteiger partial charge in [-0.2, -0.15) is 0 Å². The Balaban J connectivity index is 1.25. The highest BCUT2D eigenvalue weighted by Crippen LogP contribution is 2.20. The number of nitrogens with one attached hydrogen (secondary N) is 3. The molecule has 0 aliphatic carbocycles. The maximum atomic E-state index is 12.1. The first-order valence-corrected chi connectivity index (χ1v) is 13.1. The summed E-state index contributed by atoms with van der Waals surface area (Å²) in [5, 5.41) is 5.98. The number of nitrogens with zero attached hydrogens (tertiary/aromatic N) is 2. The standard InChI is InChI=1S/C22H33N5O5S/c28-21-19(20(22(21)29)26-18-6-10-23-11-7-18)24-8-3-1-2-4-17-33(30,31)25-9-5-12-27-13-15-32-16-14-27/h6-7,10-11,24-25H,1-5,8-9,12-17H2,(H,23,26). The molecule has 182 valence electrons. The number of aromatic nitrogens is 1. The lowest BCUT2D eigenvalue weighted by Crippen LogP contribution is -2.38. The van der Waals surface area contributed by atoms with Crippen molar-refractivity contribution in [2.24, 2.45) is 0 Å². The van der Waals surface area contributed by atoms with Crippen LogP contribution in [0.2, 0.25) is 0 Å². The Morgan fingerprint density at radius 3 is 2.36 bits per heavy atom. The minimum Gasteiger partial charge on any atom is -0.380 e. The van der Waals surface area contributed by atoms with Gasteiger partial charge in [-0.15, -0.1) is 0 Å². The number of pyridine rings is 1. The van der Waals surface area contributed by atoms with E-state index in [1.807, 2.05) is 0 Å². The van der Waals surface area contributed by atoms with Crippen LogP contribution < -0.4 is 26.2 Å². The molecule has 10 nitrogen and oxygen atoms in total. The van der Waals surface area contributed by atoms with Gasteiger partial charge in [-0.25, -0.2) is 13.1 Å². The third-order valence-electron chi connectivity index (χ3n) is 5.58. The predicted molar refractivity (Wildman–Crippen MR) is 129 cm³/mol. The van der Waals surface area contributed by atoms with Crippen molar-refractivity contribution in [2.45, 2.75) is 32.1 Å². The maximum absolute atomic E-state index is 12.1. The van der Waals surface area contributed by atoms with E-state index >= 15 is 0 Å². The Morgan fingerprint density at radius 1 is 0.909 bits per heavy atom. The first kappa shape index (κ1) is 25.3. The molecule has 2 aromatic rings. The molecule has 1 aliphatic heterocycles. The van der Waals surface area contributed by atoms with Gasteiger partial charge in [0.15, 0.2) is 0 Å². The largest absolute Gasteiger partial charge is 0.380 e. The minimum absolute atomic E-state index is 0.121. The van der Waals surface area contributed by atoms with Gasteiger partial charge in [-0.1, -0.05) is 12.8 Å². The fraction of sp³-hybridized carbons (Fsp3) is 0.591. The van der Waals surface area contributed by atoms with Crippen LogP contribution in [0.1, 0.15) is 32.1 Å². The molecule has 0 atom stereocenters. The molecule has 1 aromatic carbocycles. The summed E-state index contributed by atoms with van der Waals surface area (Å²) in [7, 11) is -3.25. The summed E-state index contributed by atoms with van der Waals surface area (Å²) in [5.41, 5.74) is 0.225. The second-order valence-corrected chi connectivity index (χ2v) is 10.1. The van der Waals surface area contributed by atoms with Crippen molar-refractivity contribution in [1.82, 2.24) is 14.6 Å². The molecule has 0 bridgehead atoms. The van der Waals surface area contributed by atoms with E-state index in [2.05, 4.69) is 25.2 Å². The molecule has 33 heavy (non-hydrogen) atoms. The Bertz CT molecular complexity index is 1030. The van der Waals surface area contributed by atoms with Gasteiger partial charge >= 0.3 is 0 Å². The third kappa shape index (κ3) is 8.18. The summed E-state index contributed by atoms with van der Waals surface area (Å²) in [5.74, 6) is 0.121. The number of ether oxygens (including phenoxy) is 1. The van der Waals surface area contributed by atoms with Crippen LogP contribution >= 0.6 is 0 Å². The summed E-state index contributed by atoms with van der Waals surface area (Å²) in [6, 6.07) is 3.43. The maximum Gasteiger partial charge on any atom is 0.253 e. The number of unbranched alkanes of at least 4 members (excludes halogenated alkanes) is 3. The Labute approximate surface area is 194 Å². The average molecular weight is 480 g/mol. The molecule has 1 aliphatic rings. The van der Waals surface area contributed by atoms with Crippen molar-refractivity contribution in [3.05, 3.63) is 45.0 Å². The molecule has 0 spiro atoms. The fourth-order valence-corrected chi connectivity index (χ4v) is 4.85. The van der Waals surface area contributed by atoms with Crippen LogP contribution in [0.4, 0.5) is 17.1 Å². The molecule has 3 N–H and O–H groups in total. The van der Waals surface area contributed by atoms with Crippen molar-refractivity contribution in [3.8, 4) is 0 Å². The lowest BCUT2D eigenvalue weighted by Gasteiger charge is -2.26. The first-order chi connectivity index (χ1) is 16.0. The molecule has 1 fully saturated rings. The van der Waals surface area contributed by atoms with Crippen LogP contribution in [0, 0.1) is 0 Å². The second kappa shape index (κ2) is 12.8. The third-order valence-corrected chi connectivity index (χ3v) is 7.05. The van der Waals surface area contributed by atoms with Gasteiger partial charge in [0, 0.05) is 44.3 Å². The highest BCUT2D eigenvalue weighted by molar-refractivity contribution is 7.89. The van der Waals surface area contributed by atoms with E-state index in [0.29, 0.717) is 30.9 Å². The lowest BCUT2D eigenvalue weighted by molar-refractivity contribution is 0.0376. The zero-order valence-corrected chi connectivity index (χ0v) is 19.7. The number of morpholine rings is 1. The van der Waals surface area contributed by atoms with E-state index in [1.54, 1.807) is 24.5 Å². The van der Waals surface area contributed by atoms with E-state index in [1.165, 1.54) is 0 Å². The van der Waals surface area contributed by atoms with Crippen LogP contribution in [0.5, 0.6) is 0 Å². The summed E-state index contributed by atoms with van der Waals surface area (Å²) in [6.07, 6.45) is 6.98. The van der Waals surface area contributed by atoms with Crippen LogP contribution in [-0.2, 0) is 14.8 Å². The van der Waals surface area contributed by atoms with Crippen molar-refractivity contribution in [1.29, 1.82) is 0 Å². The molecular formula is C22H33N5O5S. The molecule has 11 heteroatoms. The first-order valence-electron chi connectivity index (χ1n) is 11.5. The Morgan fingerprint density at radius 2 is 1.61 bits per heavy atom. The Kier molecular flexibility index (Phi) is 9.79. The smallest absolute Gasteiger partial charge is 0.253 e. The van der Waals surface area contributed by atoms with Gasteiger partial charge in [0.05, 0.1) is 19.0 Å². The molecule has 2 heterocycles. The fourth-order valence-electron chi connectivity index (χ4n) is 3.67. The van der Waals surface area contributed by atoms with Crippen molar-refractivity contribution < 1.29 is 13.2 Å². The van der Waals surface area contributed by atoms with Crippen LogP contribution in [0.25, 0.3) is 0 Å². The number of hydrogen-bond donors (Lipinski definition) is 3. The number of anilines is 3. The van der Waals surface area contributed by atoms with Crippen molar-refractivity contribution >= 4 is 27.1 Å². The van der Waals surface area contributed by atoms with Crippen molar-refractivity contribution in [3.63, 3.8) is 0 Å². The summed E-state index contributed by atoms with van der Waals surface area (Å²) < 4.78 is 32.2. The molecule has 0 radical (unpaired) electrons. The monoisotopic (exact) mass is 479 g/mol. The summed E-state index contributed by atoms with van der Waals surface area (Å²) in [4.78, 5) is 29.9. The normalized spacial score (nSPS) is 15.0. The van der Waals surface area contributed by atoms with E-state index in [0.717, 1.165) is 58.5 Å². The van der Waals surface area contributed by atoms with Gasteiger partial charge < -0.3 is 15.4 Å². The average Bonchev–Trinajstić information content (AvgIpc) is 2.83. The van der Waals surface area contributed by atoms with Gasteiger partial charge in [0.1, 0.15) is 11.4 Å². The highest BCUT2D eigenvalue weighted by Gasteiger charge is 2.20. The number of hydrogen-bond acceptors (Lipinski definition) is 9. The van der Waals surface area contributed by atoms with Crippen molar-refractivity contribution in [2.75, 3.05) is 62.3 Å². The van der Waals surface area contributed by atoms with Gasteiger partial charge in [0.2, 0.25) is 10.0 Å². The molecule has 1 aromatic heterocycles. The molecule has 0 saturated carbocycles. The second-order valence-electron chi connectivity index (χ2n) is 8.13. The zero-order valence-electron chi connectivity index (χ0n) is 18.8. The lowest BCUT2D eigenvalue weighted by atomic mass is 10.1. The Hall–Kier alpha value is -2.34. The SMILES string of the molecule is O=c1c(NCCCCCCS(=O)(=O)NCCCN2CCOCC2)c(Nc2ccncc2)c1=O. The molecule has 0 unspecified atom stereocenters.